The molecule has 0 aliphatic carbocycles. The Morgan fingerprint density at radius 3 is 2.79 bits per heavy atom. The van der Waals surface area contributed by atoms with E-state index in [1.807, 2.05) is 0 Å². The van der Waals surface area contributed by atoms with E-state index in [4.69, 9.17) is 17.3 Å². The number of carbonyl (C=O) groups is 1. The Labute approximate surface area is 118 Å². The van der Waals surface area contributed by atoms with Gasteiger partial charge < -0.3 is 16.0 Å². The summed E-state index contributed by atoms with van der Waals surface area (Å²) in [6, 6.07) is 4.97. The molecule has 1 aromatic carbocycles. The zero-order chi connectivity index (χ0) is 13.8. The molecule has 1 fully saturated rings. The van der Waals surface area contributed by atoms with E-state index in [2.05, 4.69) is 17.3 Å². The third-order valence-corrected chi connectivity index (χ3v) is 3.98. The highest BCUT2D eigenvalue weighted by atomic mass is 35.5. The van der Waals surface area contributed by atoms with Gasteiger partial charge in [-0.3, -0.25) is 4.79 Å². The number of likely N-dealkylation sites (tertiary alicyclic amines) is 1. The molecule has 1 heterocycles. The highest BCUT2D eigenvalue weighted by Crippen LogP contribution is 2.20. The Morgan fingerprint density at radius 1 is 1.47 bits per heavy atom. The quantitative estimate of drug-likeness (QED) is 0.833. The molecular formula is C14H20ClN3O. The van der Waals surface area contributed by atoms with Crippen LogP contribution < -0.4 is 11.1 Å². The molecular weight excluding hydrogens is 262 g/mol. The predicted octanol–water partition coefficient (Wildman–Crippen LogP) is 1.99. The number of hydrogen-bond donors (Lipinski definition) is 2. The highest BCUT2D eigenvalue weighted by molar-refractivity contribution is 6.33. The SMILES string of the molecule is CN1CCC(CNC(=O)c2ccc(N)c(Cl)c2)CC1. The summed E-state index contributed by atoms with van der Waals surface area (Å²) in [5.41, 5.74) is 6.68. The maximum Gasteiger partial charge on any atom is 0.251 e. The van der Waals surface area contributed by atoms with Crippen LogP contribution in [0.4, 0.5) is 5.69 Å². The number of nitrogens with two attached hydrogens (primary N) is 1. The van der Waals surface area contributed by atoms with Crippen molar-refractivity contribution in [3.8, 4) is 0 Å². The van der Waals surface area contributed by atoms with Crippen LogP contribution in [-0.2, 0) is 0 Å². The Hall–Kier alpha value is -1.26. The van der Waals surface area contributed by atoms with Gasteiger partial charge >= 0.3 is 0 Å². The Bertz CT molecular complexity index is 456. The number of amides is 1. The Morgan fingerprint density at radius 2 is 2.16 bits per heavy atom. The molecule has 104 valence electrons. The van der Waals surface area contributed by atoms with Crippen LogP contribution >= 0.6 is 11.6 Å². The maximum absolute atomic E-state index is 12.0. The molecule has 4 nitrogen and oxygen atoms in total. The summed E-state index contributed by atoms with van der Waals surface area (Å²) in [6.07, 6.45) is 2.28. The summed E-state index contributed by atoms with van der Waals surface area (Å²) in [5.74, 6) is 0.491. The second-order valence-electron chi connectivity index (χ2n) is 5.19. The predicted molar refractivity (Wildman–Crippen MR) is 78.4 cm³/mol. The molecule has 0 bridgehead atoms. The van der Waals surface area contributed by atoms with Crippen molar-refractivity contribution in [2.45, 2.75) is 12.8 Å². The number of nitrogens with one attached hydrogen (secondary N) is 1. The van der Waals surface area contributed by atoms with Crippen LogP contribution in [0.2, 0.25) is 5.02 Å². The molecule has 1 aliphatic heterocycles. The molecule has 2 rings (SSSR count). The van der Waals surface area contributed by atoms with Gasteiger partial charge in [-0.25, -0.2) is 0 Å². The van der Waals surface area contributed by atoms with E-state index in [0.717, 1.165) is 32.5 Å². The molecule has 0 saturated carbocycles. The monoisotopic (exact) mass is 281 g/mol. The molecule has 1 aliphatic rings. The van der Waals surface area contributed by atoms with Crippen molar-refractivity contribution in [3.63, 3.8) is 0 Å². The van der Waals surface area contributed by atoms with Gasteiger partial charge in [-0.2, -0.15) is 0 Å². The second kappa shape index (κ2) is 6.26. The fourth-order valence-corrected chi connectivity index (χ4v) is 2.45. The summed E-state index contributed by atoms with van der Waals surface area (Å²) >= 11 is 5.91. The molecule has 3 N–H and O–H groups in total. The lowest BCUT2D eigenvalue weighted by molar-refractivity contribution is 0.0939. The Kier molecular flexibility index (Phi) is 4.66. The molecule has 1 aromatic rings. The van der Waals surface area contributed by atoms with Gasteiger partial charge in [0.25, 0.3) is 5.91 Å². The molecule has 0 spiro atoms. The summed E-state index contributed by atoms with van der Waals surface area (Å²) in [7, 11) is 2.13. The Balaban J connectivity index is 1.85. The topological polar surface area (TPSA) is 58.4 Å². The van der Waals surface area contributed by atoms with Crippen LogP contribution in [0.1, 0.15) is 23.2 Å². The number of rotatable bonds is 3. The average Bonchev–Trinajstić information content (AvgIpc) is 2.41. The van der Waals surface area contributed by atoms with Crippen molar-refractivity contribution in [2.75, 3.05) is 32.4 Å². The summed E-state index contributed by atoms with van der Waals surface area (Å²) in [4.78, 5) is 14.3. The minimum atomic E-state index is -0.0826. The van der Waals surface area contributed by atoms with Gasteiger partial charge in [0.2, 0.25) is 0 Å². The first-order valence-corrected chi connectivity index (χ1v) is 6.96. The van der Waals surface area contributed by atoms with Gasteiger partial charge in [-0.1, -0.05) is 11.6 Å². The lowest BCUT2D eigenvalue weighted by Gasteiger charge is -2.28. The van der Waals surface area contributed by atoms with Gasteiger partial charge in [0, 0.05) is 12.1 Å². The molecule has 1 saturated heterocycles. The van der Waals surface area contributed by atoms with E-state index in [1.165, 1.54) is 0 Å². The molecule has 19 heavy (non-hydrogen) atoms. The molecule has 0 unspecified atom stereocenters. The lowest BCUT2D eigenvalue weighted by atomic mass is 9.97. The number of carbonyl (C=O) groups excluding carboxylic acids is 1. The van der Waals surface area contributed by atoms with Gasteiger partial charge in [0.05, 0.1) is 10.7 Å². The lowest BCUT2D eigenvalue weighted by Crippen LogP contribution is -2.36. The highest BCUT2D eigenvalue weighted by Gasteiger charge is 2.17. The molecule has 0 aromatic heterocycles. The maximum atomic E-state index is 12.0. The van der Waals surface area contributed by atoms with Gasteiger partial charge in [0.15, 0.2) is 0 Å². The van der Waals surface area contributed by atoms with Crippen LogP contribution in [0.3, 0.4) is 0 Å². The number of anilines is 1. The van der Waals surface area contributed by atoms with E-state index in [1.54, 1.807) is 18.2 Å². The molecule has 1 amide bonds. The van der Waals surface area contributed by atoms with E-state index in [-0.39, 0.29) is 5.91 Å². The first-order chi connectivity index (χ1) is 9.06. The largest absolute Gasteiger partial charge is 0.398 e. The molecule has 0 atom stereocenters. The van der Waals surface area contributed by atoms with Crippen molar-refractivity contribution in [1.82, 2.24) is 10.2 Å². The van der Waals surface area contributed by atoms with Crippen LogP contribution in [0.5, 0.6) is 0 Å². The van der Waals surface area contributed by atoms with Gasteiger partial charge in [-0.05, 0) is 57.1 Å². The molecule has 0 radical (unpaired) electrons. The average molecular weight is 282 g/mol. The second-order valence-corrected chi connectivity index (χ2v) is 5.60. The van der Waals surface area contributed by atoms with E-state index < -0.39 is 0 Å². The van der Waals surface area contributed by atoms with Crippen LogP contribution in [0.25, 0.3) is 0 Å². The minimum absolute atomic E-state index is 0.0826. The summed E-state index contributed by atoms with van der Waals surface area (Å²) in [6.45, 7) is 2.94. The fraction of sp³-hybridized carbons (Fsp3) is 0.500. The van der Waals surface area contributed by atoms with Crippen molar-refractivity contribution in [2.24, 2.45) is 5.92 Å². The summed E-state index contributed by atoms with van der Waals surface area (Å²) in [5, 5.41) is 3.40. The third kappa shape index (κ3) is 3.85. The third-order valence-electron chi connectivity index (χ3n) is 3.65. The van der Waals surface area contributed by atoms with Crippen LogP contribution in [0, 0.1) is 5.92 Å². The number of hydrogen-bond acceptors (Lipinski definition) is 3. The van der Waals surface area contributed by atoms with E-state index in [9.17, 15) is 4.79 Å². The molecule has 5 heteroatoms. The van der Waals surface area contributed by atoms with E-state index in [0.29, 0.717) is 22.2 Å². The minimum Gasteiger partial charge on any atom is -0.398 e. The first-order valence-electron chi connectivity index (χ1n) is 6.58. The van der Waals surface area contributed by atoms with Crippen molar-refractivity contribution in [3.05, 3.63) is 28.8 Å². The smallest absolute Gasteiger partial charge is 0.251 e. The zero-order valence-corrected chi connectivity index (χ0v) is 11.9. The first kappa shape index (κ1) is 14.2. The number of halogens is 1. The fourth-order valence-electron chi connectivity index (χ4n) is 2.27. The van der Waals surface area contributed by atoms with Crippen molar-refractivity contribution in [1.29, 1.82) is 0 Å². The number of benzene rings is 1. The number of piperidine rings is 1. The van der Waals surface area contributed by atoms with E-state index >= 15 is 0 Å². The van der Waals surface area contributed by atoms with Gasteiger partial charge in [-0.15, -0.1) is 0 Å². The standard InChI is InChI=1S/C14H20ClN3O/c1-18-6-4-10(5-7-18)9-17-14(19)11-2-3-13(16)12(15)8-11/h2-3,8,10H,4-7,9,16H2,1H3,(H,17,19). The van der Waals surface area contributed by atoms with Gasteiger partial charge in [0.1, 0.15) is 0 Å². The van der Waals surface area contributed by atoms with Crippen molar-refractivity contribution < 1.29 is 4.79 Å². The van der Waals surface area contributed by atoms with Crippen molar-refractivity contribution >= 4 is 23.2 Å². The normalized spacial score (nSPS) is 17.4. The van der Waals surface area contributed by atoms with Crippen LogP contribution in [0.15, 0.2) is 18.2 Å². The zero-order valence-electron chi connectivity index (χ0n) is 11.2. The van der Waals surface area contributed by atoms with Crippen LogP contribution in [-0.4, -0.2) is 37.5 Å². The summed E-state index contributed by atoms with van der Waals surface area (Å²) < 4.78 is 0. The number of nitrogens with zero attached hydrogens (tertiary/aromatic N) is 1. The number of nitrogen functional groups attached to an aromatic ring is 1.